The fourth-order valence-electron chi connectivity index (χ4n) is 6.43. The smallest absolute Gasteiger partial charge is 0.330 e. The van der Waals surface area contributed by atoms with Crippen molar-refractivity contribution in [2.24, 2.45) is 11.8 Å². The van der Waals surface area contributed by atoms with Crippen LogP contribution in [0.25, 0.3) is 6.08 Å². The quantitative estimate of drug-likeness (QED) is 0.253. The zero-order valence-corrected chi connectivity index (χ0v) is 21.5. The van der Waals surface area contributed by atoms with Gasteiger partial charge in [0.25, 0.3) is 0 Å². The molecule has 6 nitrogen and oxygen atoms in total. The summed E-state index contributed by atoms with van der Waals surface area (Å²) >= 11 is 0. The topological polar surface area (TPSA) is 66.9 Å². The largest absolute Gasteiger partial charge is 0.451 e. The lowest BCUT2D eigenvalue weighted by molar-refractivity contribution is -0.155. The molecule has 0 bridgehead atoms. The SMILES string of the molecule is O=C(OC(c1ccccc1)c1ccccc1)[C@@H]1[C@@H]2C(=O)N(c3ccccc3)C(=O)[C@@H]2C2c3ccccc3C=CN21. The number of imide groups is 1. The van der Waals surface area contributed by atoms with Gasteiger partial charge in [0.1, 0.15) is 6.04 Å². The van der Waals surface area contributed by atoms with Crippen molar-refractivity contribution in [2.75, 3.05) is 4.90 Å². The monoisotopic (exact) mass is 526 g/mol. The minimum Gasteiger partial charge on any atom is -0.451 e. The van der Waals surface area contributed by atoms with Crippen molar-refractivity contribution in [3.8, 4) is 0 Å². The van der Waals surface area contributed by atoms with Crippen LogP contribution in [0.4, 0.5) is 5.69 Å². The van der Waals surface area contributed by atoms with Crippen LogP contribution in [0.15, 0.2) is 121 Å². The molecule has 40 heavy (non-hydrogen) atoms. The molecule has 4 atom stereocenters. The van der Waals surface area contributed by atoms with Crippen molar-refractivity contribution in [1.29, 1.82) is 0 Å². The Hall–Kier alpha value is -4.97. The summed E-state index contributed by atoms with van der Waals surface area (Å²) in [6, 6.07) is 34.5. The van der Waals surface area contributed by atoms with E-state index in [9.17, 15) is 14.4 Å². The van der Waals surface area contributed by atoms with Crippen LogP contribution < -0.4 is 4.90 Å². The number of fused-ring (bicyclic) bond motifs is 5. The van der Waals surface area contributed by atoms with Crippen molar-refractivity contribution in [3.63, 3.8) is 0 Å². The number of rotatable bonds is 5. The fourth-order valence-corrected chi connectivity index (χ4v) is 6.43. The van der Waals surface area contributed by atoms with E-state index >= 15 is 0 Å². The lowest BCUT2D eigenvalue weighted by atomic mass is 9.84. The minimum atomic E-state index is -0.959. The molecule has 0 spiro atoms. The third-order valence-electron chi connectivity index (χ3n) is 8.16. The number of carbonyl (C=O) groups is 3. The number of para-hydroxylation sites is 1. The Morgan fingerprint density at radius 2 is 1.23 bits per heavy atom. The Kier molecular flexibility index (Phi) is 5.81. The van der Waals surface area contributed by atoms with Crippen LogP contribution in [0.1, 0.15) is 34.4 Å². The average molecular weight is 527 g/mol. The van der Waals surface area contributed by atoms with Crippen LogP contribution in [0.3, 0.4) is 0 Å². The van der Waals surface area contributed by atoms with E-state index in [1.807, 2.05) is 108 Å². The highest BCUT2D eigenvalue weighted by Gasteiger charge is 2.65. The first-order valence-corrected chi connectivity index (χ1v) is 13.4. The van der Waals surface area contributed by atoms with Crippen LogP contribution in [0, 0.1) is 11.8 Å². The van der Waals surface area contributed by atoms with Gasteiger partial charge in [-0.25, -0.2) is 9.69 Å². The van der Waals surface area contributed by atoms with Crippen LogP contribution in [0.2, 0.25) is 0 Å². The minimum absolute atomic E-state index is 0.292. The average Bonchev–Trinajstić information content (AvgIpc) is 3.49. The van der Waals surface area contributed by atoms with E-state index in [1.165, 1.54) is 4.90 Å². The summed E-state index contributed by atoms with van der Waals surface area (Å²) in [5.41, 5.74) is 4.06. The molecule has 2 fully saturated rings. The first kappa shape index (κ1) is 24.1. The molecule has 3 aliphatic rings. The number of carbonyl (C=O) groups excluding carboxylic acids is 3. The molecule has 6 heteroatoms. The third-order valence-corrected chi connectivity index (χ3v) is 8.16. The van der Waals surface area contributed by atoms with E-state index in [0.717, 1.165) is 22.3 Å². The normalized spacial score (nSPS) is 22.7. The van der Waals surface area contributed by atoms with E-state index in [0.29, 0.717) is 5.69 Å². The molecular formula is C34H26N2O4. The second-order valence-corrected chi connectivity index (χ2v) is 10.3. The summed E-state index contributed by atoms with van der Waals surface area (Å²) in [4.78, 5) is 45.4. The van der Waals surface area contributed by atoms with Gasteiger partial charge in [0, 0.05) is 6.20 Å². The number of esters is 1. The number of hydrogen-bond acceptors (Lipinski definition) is 5. The molecule has 0 aromatic heterocycles. The highest BCUT2D eigenvalue weighted by molar-refractivity contribution is 6.23. The number of amides is 2. The maximum atomic E-state index is 14.2. The molecule has 3 aliphatic heterocycles. The lowest BCUT2D eigenvalue weighted by Gasteiger charge is -2.35. The summed E-state index contributed by atoms with van der Waals surface area (Å²) in [6.07, 6.45) is 3.11. The third kappa shape index (κ3) is 3.75. The Morgan fingerprint density at radius 3 is 1.88 bits per heavy atom. The molecule has 2 saturated heterocycles. The highest BCUT2D eigenvalue weighted by Crippen LogP contribution is 2.53. The van der Waals surface area contributed by atoms with Crippen LogP contribution in [-0.4, -0.2) is 28.7 Å². The van der Waals surface area contributed by atoms with E-state index in [-0.39, 0.29) is 11.8 Å². The summed E-state index contributed by atoms with van der Waals surface area (Å²) in [5, 5.41) is 0. The molecule has 7 rings (SSSR count). The Bertz CT molecular complexity index is 1580. The van der Waals surface area contributed by atoms with Gasteiger partial charge < -0.3 is 9.64 Å². The number of hydrogen-bond donors (Lipinski definition) is 0. The molecule has 0 aliphatic carbocycles. The van der Waals surface area contributed by atoms with Crippen LogP contribution in [0.5, 0.6) is 0 Å². The molecule has 4 aromatic rings. The predicted octanol–water partition coefficient (Wildman–Crippen LogP) is 5.53. The summed E-state index contributed by atoms with van der Waals surface area (Å²) in [6.45, 7) is 0. The molecule has 2 amide bonds. The molecule has 3 heterocycles. The summed E-state index contributed by atoms with van der Waals surface area (Å²) in [7, 11) is 0. The molecular weight excluding hydrogens is 500 g/mol. The number of ether oxygens (including phenoxy) is 1. The predicted molar refractivity (Wildman–Crippen MR) is 151 cm³/mol. The van der Waals surface area contributed by atoms with Gasteiger partial charge in [0.2, 0.25) is 11.8 Å². The Morgan fingerprint density at radius 1 is 0.675 bits per heavy atom. The van der Waals surface area contributed by atoms with Crippen molar-refractivity contribution < 1.29 is 19.1 Å². The first-order chi connectivity index (χ1) is 19.6. The van der Waals surface area contributed by atoms with Gasteiger partial charge in [0.05, 0.1) is 23.6 Å². The maximum absolute atomic E-state index is 14.2. The van der Waals surface area contributed by atoms with Gasteiger partial charge in [0.15, 0.2) is 6.10 Å². The van der Waals surface area contributed by atoms with Crippen molar-refractivity contribution in [3.05, 3.63) is 144 Å². The van der Waals surface area contributed by atoms with E-state index in [4.69, 9.17) is 4.74 Å². The number of nitrogens with zero attached hydrogens (tertiary/aromatic N) is 2. The van der Waals surface area contributed by atoms with Crippen molar-refractivity contribution in [2.45, 2.75) is 18.2 Å². The van der Waals surface area contributed by atoms with Gasteiger partial charge in [-0.3, -0.25) is 9.59 Å². The zero-order valence-electron chi connectivity index (χ0n) is 21.5. The molecule has 0 radical (unpaired) electrons. The Balaban J connectivity index is 1.31. The van der Waals surface area contributed by atoms with E-state index in [1.54, 1.807) is 24.3 Å². The van der Waals surface area contributed by atoms with Gasteiger partial charge in [-0.15, -0.1) is 0 Å². The number of anilines is 1. The molecule has 196 valence electrons. The van der Waals surface area contributed by atoms with Gasteiger partial charge in [-0.1, -0.05) is 103 Å². The molecule has 0 N–H and O–H groups in total. The van der Waals surface area contributed by atoms with Crippen molar-refractivity contribution >= 4 is 29.5 Å². The molecule has 4 aromatic carbocycles. The fraction of sp³-hybridized carbons (Fsp3) is 0.147. The van der Waals surface area contributed by atoms with Crippen LogP contribution >= 0.6 is 0 Å². The standard InChI is InChI=1S/C34H26N2O4/c37-32-27-28(33(38)36(32)25-17-8-3-9-18-25)30(35-21-20-22-12-10-11-19-26(22)29(27)35)34(39)40-31(23-13-4-1-5-14-23)24-15-6-2-7-16-24/h1-21,27-31H/t27-,28+,29?,30-/m0/s1. The van der Waals surface area contributed by atoms with E-state index in [2.05, 4.69) is 0 Å². The van der Waals surface area contributed by atoms with Crippen LogP contribution in [-0.2, 0) is 19.1 Å². The van der Waals surface area contributed by atoms with E-state index < -0.39 is 36.0 Å². The number of benzene rings is 4. The van der Waals surface area contributed by atoms with Gasteiger partial charge in [-0.2, -0.15) is 0 Å². The summed E-state index contributed by atoms with van der Waals surface area (Å²) in [5.74, 6) is -2.80. The lowest BCUT2D eigenvalue weighted by Crippen LogP contribution is -2.45. The highest BCUT2D eigenvalue weighted by atomic mass is 16.5. The first-order valence-electron chi connectivity index (χ1n) is 13.4. The molecule has 1 unspecified atom stereocenters. The van der Waals surface area contributed by atoms with Gasteiger partial charge >= 0.3 is 5.97 Å². The maximum Gasteiger partial charge on any atom is 0.330 e. The second-order valence-electron chi connectivity index (χ2n) is 10.3. The van der Waals surface area contributed by atoms with Crippen molar-refractivity contribution in [1.82, 2.24) is 4.90 Å². The Labute approximate surface area is 232 Å². The summed E-state index contributed by atoms with van der Waals surface area (Å²) < 4.78 is 6.28. The molecule has 0 saturated carbocycles. The second kappa shape index (κ2) is 9.65. The zero-order chi connectivity index (χ0) is 27.2. The van der Waals surface area contributed by atoms with Gasteiger partial charge in [-0.05, 0) is 40.5 Å².